The summed E-state index contributed by atoms with van der Waals surface area (Å²) in [6.45, 7) is 8.34. The highest BCUT2D eigenvalue weighted by molar-refractivity contribution is 5.94. The molecule has 0 unspecified atom stereocenters. The second-order valence-electron chi connectivity index (χ2n) is 7.48. The highest BCUT2D eigenvalue weighted by atomic mass is 16.5. The van der Waals surface area contributed by atoms with Crippen LogP contribution in [0.4, 0.5) is 5.69 Å². The van der Waals surface area contributed by atoms with Crippen molar-refractivity contribution >= 4 is 17.5 Å². The van der Waals surface area contributed by atoms with Crippen LogP contribution < -0.4 is 15.4 Å². The monoisotopic (exact) mass is 397 g/mol. The van der Waals surface area contributed by atoms with Gasteiger partial charge in [-0.3, -0.25) is 14.5 Å². The van der Waals surface area contributed by atoms with Crippen LogP contribution >= 0.6 is 0 Å². The second kappa shape index (κ2) is 10.1. The number of carbonyl (C=O) groups excluding carboxylic acids is 2. The first-order valence-electron chi connectivity index (χ1n) is 9.70. The van der Waals surface area contributed by atoms with Gasteiger partial charge in [0.25, 0.3) is 0 Å². The Bertz CT molecular complexity index is 839. The van der Waals surface area contributed by atoms with Crippen LogP contribution in [0.1, 0.15) is 29.2 Å². The van der Waals surface area contributed by atoms with E-state index in [0.717, 1.165) is 33.7 Å². The number of hydrogen-bond acceptors (Lipinski definition) is 4. The summed E-state index contributed by atoms with van der Waals surface area (Å²) in [4.78, 5) is 26.7. The predicted octanol–water partition coefficient (Wildman–Crippen LogP) is 3.20. The zero-order chi connectivity index (χ0) is 21.6. The van der Waals surface area contributed by atoms with Gasteiger partial charge in [0, 0.05) is 12.2 Å². The molecular weight excluding hydrogens is 366 g/mol. The van der Waals surface area contributed by atoms with E-state index in [-0.39, 0.29) is 18.4 Å². The first kappa shape index (κ1) is 22.4. The molecule has 2 rings (SSSR count). The quantitative estimate of drug-likeness (QED) is 0.718. The van der Waals surface area contributed by atoms with Gasteiger partial charge in [-0.1, -0.05) is 29.8 Å². The minimum Gasteiger partial charge on any atom is -0.497 e. The number of likely N-dealkylation sites (N-methyl/N-ethyl adjacent to an activating group) is 1. The van der Waals surface area contributed by atoms with E-state index in [4.69, 9.17) is 4.74 Å². The molecule has 2 aromatic rings. The number of hydrogen-bond donors (Lipinski definition) is 2. The molecule has 0 radical (unpaired) electrons. The SMILES string of the molecule is COc1ccc(CNC(=O)[C@@H](C)N(C)CC(=O)Nc2c(C)cc(C)cc2C)cc1. The number of benzene rings is 2. The van der Waals surface area contributed by atoms with Gasteiger partial charge >= 0.3 is 0 Å². The van der Waals surface area contributed by atoms with Gasteiger partial charge in [0.05, 0.1) is 19.7 Å². The number of aryl methyl sites for hydroxylation is 3. The predicted molar refractivity (Wildman–Crippen MR) is 116 cm³/mol. The van der Waals surface area contributed by atoms with E-state index in [1.165, 1.54) is 0 Å². The Morgan fingerprint density at radius 3 is 2.21 bits per heavy atom. The Morgan fingerprint density at radius 1 is 1.07 bits per heavy atom. The third kappa shape index (κ3) is 6.32. The van der Waals surface area contributed by atoms with Crippen LogP contribution in [0.3, 0.4) is 0 Å². The van der Waals surface area contributed by atoms with E-state index >= 15 is 0 Å². The Hall–Kier alpha value is -2.86. The van der Waals surface area contributed by atoms with Crippen molar-refractivity contribution in [3.8, 4) is 5.75 Å². The van der Waals surface area contributed by atoms with Crippen LogP contribution in [0.5, 0.6) is 5.75 Å². The molecular formula is C23H31N3O3. The number of amides is 2. The Morgan fingerprint density at radius 2 is 1.66 bits per heavy atom. The highest BCUT2D eigenvalue weighted by Crippen LogP contribution is 2.21. The maximum atomic E-state index is 12.5. The molecule has 0 aliphatic rings. The van der Waals surface area contributed by atoms with E-state index in [2.05, 4.69) is 10.6 Å². The molecule has 0 saturated heterocycles. The van der Waals surface area contributed by atoms with Crippen molar-refractivity contribution < 1.29 is 14.3 Å². The number of nitrogens with zero attached hydrogens (tertiary/aromatic N) is 1. The number of rotatable bonds is 8. The first-order chi connectivity index (χ1) is 13.7. The summed E-state index contributed by atoms with van der Waals surface area (Å²) < 4.78 is 5.13. The number of anilines is 1. The van der Waals surface area contributed by atoms with E-state index < -0.39 is 6.04 Å². The molecule has 2 N–H and O–H groups in total. The Labute approximate surface area is 173 Å². The molecule has 0 fully saturated rings. The Kier molecular flexibility index (Phi) is 7.79. The second-order valence-corrected chi connectivity index (χ2v) is 7.48. The molecule has 2 aromatic carbocycles. The molecule has 2 amide bonds. The summed E-state index contributed by atoms with van der Waals surface area (Å²) in [7, 11) is 3.39. The maximum absolute atomic E-state index is 12.5. The van der Waals surface area contributed by atoms with Crippen LogP contribution in [-0.2, 0) is 16.1 Å². The summed E-state index contributed by atoms with van der Waals surface area (Å²) in [5.74, 6) is 0.509. The van der Waals surface area contributed by atoms with Gasteiger partial charge < -0.3 is 15.4 Å². The lowest BCUT2D eigenvalue weighted by Crippen LogP contribution is -2.45. The van der Waals surface area contributed by atoms with E-state index in [0.29, 0.717) is 6.54 Å². The third-order valence-electron chi connectivity index (χ3n) is 5.00. The van der Waals surface area contributed by atoms with Crippen molar-refractivity contribution in [1.29, 1.82) is 0 Å². The molecule has 0 spiro atoms. The van der Waals surface area contributed by atoms with Crippen LogP contribution in [0.25, 0.3) is 0 Å². The maximum Gasteiger partial charge on any atom is 0.238 e. The van der Waals surface area contributed by atoms with Gasteiger partial charge in [0.1, 0.15) is 5.75 Å². The van der Waals surface area contributed by atoms with Gasteiger partial charge in [-0.15, -0.1) is 0 Å². The smallest absolute Gasteiger partial charge is 0.238 e. The fourth-order valence-corrected chi connectivity index (χ4v) is 3.20. The van der Waals surface area contributed by atoms with Gasteiger partial charge in [0.15, 0.2) is 0 Å². The van der Waals surface area contributed by atoms with Gasteiger partial charge in [-0.05, 0) is 63.6 Å². The first-order valence-corrected chi connectivity index (χ1v) is 9.70. The van der Waals surface area contributed by atoms with E-state index in [1.54, 1.807) is 26.0 Å². The normalized spacial score (nSPS) is 11.8. The molecule has 1 atom stereocenters. The molecule has 6 nitrogen and oxygen atoms in total. The lowest BCUT2D eigenvalue weighted by atomic mass is 10.1. The lowest BCUT2D eigenvalue weighted by molar-refractivity contribution is -0.126. The zero-order valence-corrected chi connectivity index (χ0v) is 18.1. The number of carbonyl (C=O) groups is 2. The van der Waals surface area contributed by atoms with E-state index in [1.807, 2.05) is 57.2 Å². The van der Waals surface area contributed by atoms with Crippen molar-refractivity contribution in [1.82, 2.24) is 10.2 Å². The molecule has 29 heavy (non-hydrogen) atoms. The van der Waals surface area contributed by atoms with Crippen molar-refractivity contribution in [3.05, 3.63) is 58.7 Å². The Balaban J connectivity index is 1.87. The molecule has 6 heteroatoms. The molecule has 0 saturated carbocycles. The minimum absolute atomic E-state index is 0.126. The number of nitrogens with one attached hydrogen (secondary N) is 2. The molecule has 0 aliphatic carbocycles. The number of ether oxygens (including phenoxy) is 1. The van der Waals surface area contributed by atoms with Crippen LogP contribution in [0.2, 0.25) is 0 Å². The van der Waals surface area contributed by atoms with Gasteiger partial charge in [0.2, 0.25) is 11.8 Å². The van der Waals surface area contributed by atoms with Crippen LogP contribution in [-0.4, -0.2) is 43.5 Å². The van der Waals surface area contributed by atoms with Crippen LogP contribution in [0.15, 0.2) is 36.4 Å². The van der Waals surface area contributed by atoms with Crippen molar-refractivity contribution in [3.63, 3.8) is 0 Å². The fourth-order valence-electron chi connectivity index (χ4n) is 3.20. The standard InChI is InChI=1S/C23H31N3O3/c1-15-11-16(2)22(17(3)12-15)25-21(27)14-26(5)18(4)23(28)24-13-19-7-9-20(29-6)10-8-19/h7-12,18H,13-14H2,1-6H3,(H,24,28)(H,25,27)/t18-/m1/s1. The number of methoxy groups -OCH3 is 1. The van der Waals surface area contributed by atoms with Crippen molar-refractivity contribution in [2.75, 3.05) is 26.0 Å². The van der Waals surface area contributed by atoms with Crippen LogP contribution in [0, 0.1) is 20.8 Å². The molecule has 0 aromatic heterocycles. The molecule has 156 valence electrons. The summed E-state index contributed by atoms with van der Waals surface area (Å²) in [5.41, 5.74) is 5.05. The lowest BCUT2D eigenvalue weighted by Gasteiger charge is -2.24. The molecule has 0 bridgehead atoms. The summed E-state index contributed by atoms with van der Waals surface area (Å²) in [5, 5.41) is 5.89. The molecule has 0 aliphatic heterocycles. The zero-order valence-electron chi connectivity index (χ0n) is 18.1. The van der Waals surface area contributed by atoms with Crippen molar-refractivity contribution in [2.24, 2.45) is 0 Å². The topological polar surface area (TPSA) is 70.7 Å². The average molecular weight is 398 g/mol. The minimum atomic E-state index is -0.431. The largest absolute Gasteiger partial charge is 0.497 e. The average Bonchev–Trinajstić information content (AvgIpc) is 2.68. The summed E-state index contributed by atoms with van der Waals surface area (Å²) in [6, 6.07) is 11.2. The molecule has 0 heterocycles. The van der Waals surface area contributed by atoms with Gasteiger partial charge in [-0.25, -0.2) is 0 Å². The van der Waals surface area contributed by atoms with Crippen molar-refractivity contribution in [2.45, 2.75) is 40.3 Å². The van der Waals surface area contributed by atoms with Gasteiger partial charge in [-0.2, -0.15) is 0 Å². The highest BCUT2D eigenvalue weighted by Gasteiger charge is 2.20. The summed E-state index contributed by atoms with van der Waals surface area (Å²) >= 11 is 0. The van der Waals surface area contributed by atoms with E-state index in [9.17, 15) is 9.59 Å². The fraction of sp³-hybridized carbons (Fsp3) is 0.391. The summed E-state index contributed by atoms with van der Waals surface area (Å²) in [6.07, 6.45) is 0. The third-order valence-corrected chi connectivity index (χ3v) is 5.00.